The second kappa shape index (κ2) is 8.56. The average molecular weight is 249 g/mol. The van der Waals surface area contributed by atoms with E-state index >= 15 is 0 Å². The lowest BCUT2D eigenvalue weighted by Gasteiger charge is -2.04. The van der Waals surface area contributed by atoms with E-state index in [0.717, 1.165) is 12.8 Å². The monoisotopic (exact) mass is 249 g/mol. The minimum absolute atomic E-state index is 0.0559. The Kier molecular flexibility index (Phi) is 8.25. The van der Waals surface area contributed by atoms with Crippen LogP contribution in [0.4, 0.5) is 0 Å². The highest BCUT2D eigenvalue weighted by Gasteiger charge is 2.10. The molecule has 0 fully saturated rings. The molecule has 0 atom stereocenters. The van der Waals surface area contributed by atoms with E-state index in [2.05, 4.69) is 6.92 Å². The summed E-state index contributed by atoms with van der Waals surface area (Å²) in [6, 6.07) is 0. The van der Waals surface area contributed by atoms with Crippen LogP contribution in [0.25, 0.3) is 0 Å². The number of nitrogens with one attached hydrogen (secondary N) is 1. The molecule has 0 aliphatic heterocycles. The molecular formula is C11H23NO3S. The molecule has 0 aliphatic rings. The average Bonchev–Trinajstić information content (AvgIpc) is 2.14. The van der Waals surface area contributed by atoms with Crippen LogP contribution in [-0.2, 0) is 14.8 Å². The van der Waals surface area contributed by atoms with Gasteiger partial charge in [0.2, 0.25) is 15.9 Å². The van der Waals surface area contributed by atoms with E-state index in [1.165, 1.54) is 32.6 Å². The third-order valence-corrected chi connectivity index (χ3v) is 3.74. The van der Waals surface area contributed by atoms with Gasteiger partial charge in [0.15, 0.2) is 0 Å². The van der Waals surface area contributed by atoms with Gasteiger partial charge in [0.25, 0.3) is 0 Å². The summed E-state index contributed by atoms with van der Waals surface area (Å²) in [6.07, 6.45) is 7.51. The van der Waals surface area contributed by atoms with Crippen molar-refractivity contribution in [2.24, 2.45) is 0 Å². The van der Waals surface area contributed by atoms with Gasteiger partial charge in [-0.1, -0.05) is 45.4 Å². The zero-order valence-electron chi connectivity index (χ0n) is 10.3. The fourth-order valence-corrected chi connectivity index (χ4v) is 2.64. The van der Waals surface area contributed by atoms with Crippen molar-refractivity contribution in [2.45, 2.75) is 58.8 Å². The van der Waals surface area contributed by atoms with E-state index in [4.69, 9.17) is 0 Å². The van der Waals surface area contributed by atoms with Crippen molar-refractivity contribution in [3.8, 4) is 0 Å². The molecule has 0 aromatic heterocycles. The van der Waals surface area contributed by atoms with Crippen LogP contribution < -0.4 is 4.72 Å². The summed E-state index contributed by atoms with van der Waals surface area (Å²) in [5.41, 5.74) is 0. The van der Waals surface area contributed by atoms with E-state index < -0.39 is 15.9 Å². The third kappa shape index (κ3) is 9.96. The topological polar surface area (TPSA) is 63.2 Å². The molecule has 1 amide bonds. The third-order valence-electron chi connectivity index (χ3n) is 2.32. The highest BCUT2D eigenvalue weighted by Crippen LogP contribution is 2.07. The van der Waals surface area contributed by atoms with E-state index in [-0.39, 0.29) is 5.75 Å². The minimum atomic E-state index is -3.38. The van der Waals surface area contributed by atoms with E-state index in [1.807, 2.05) is 4.72 Å². The standard InChI is InChI=1S/C11H23NO3S/c1-3-4-5-6-7-8-9-10-16(14,15)12-11(2)13/h3-10H2,1-2H3,(H,12,13). The molecule has 5 heteroatoms. The Balaban J connectivity index is 3.47. The second-order valence-corrected chi connectivity index (χ2v) is 5.94. The van der Waals surface area contributed by atoms with Gasteiger partial charge in [0.05, 0.1) is 5.75 Å². The Morgan fingerprint density at radius 1 is 1.00 bits per heavy atom. The molecule has 0 heterocycles. The van der Waals surface area contributed by atoms with Crippen molar-refractivity contribution in [1.29, 1.82) is 0 Å². The lowest BCUT2D eigenvalue weighted by Crippen LogP contribution is -2.30. The van der Waals surface area contributed by atoms with Gasteiger partial charge >= 0.3 is 0 Å². The zero-order chi connectivity index (χ0) is 12.4. The molecule has 0 saturated heterocycles. The zero-order valence-corrected chi connectivity index (χ0v) is 11.1. The Hall–Kier alpha value is -0.580. The molecule has 0 aromatic carbocycles. The van der Waals surface area contributed by atoms with Gasteiger partial charge in [0, 0.05) is 6.92 Å². The molecular weight excluding hydrogens is 226 g/mol. The first-order valence-corrected chi connectivity index (χ1v) is 7.64. The highest BCUT2D eigenvalue weighted by molar-refractivity contribution is 7.90. The smallest absolute Gasteiger partial charge is 0.234 e. The first kappa shape index (κ1) is 15.4. The summed E-state index contributed by atoms with van der Waals surface area (Å²) in [5.74, 6) is -0.455. The Morgan fingerprint density at radius 2 is 1.50 bits per heavy atom. The van der Waals surface area contributed by atoms with Gasteiger partial charge in [-0.2, -0.15) is 0 Å². The van der Waals surface area contributed by atoms with Crippen molar-refractivity contribution >= 4 is 15.9 Å². The maximum absolute atomic E-state index is 11.2. The van der Waals surface area contributed by atoms with Crippen LogP contribution in [0.1, 0.15) is 58.8 Å². The van der Waals surface area contributed by atoms with Crippen molar-refractivity contribution < 1.29 is 13.2 Å². The van der Waals surface area contributed by atoms with E-state index in [0.29, 0.717) is 6.42 Å². The van der Waals surface area contributed by atoms with Crippen molar-refractivity contribution in [2.75, 3.05) is 5.75 Å². The van der Waals surface area contributed by atoms with Crippen LogP contribution in [0, 0.1) is 0 Å². The summed E-state index contributed by atoms with van der Waals surface area (Å²) < 4.78 is 24.5. The fourth-order valence-electron chi connectivity index (χ4n) is 1.52. The predicted octanol–water partition coefficient (Wildman–Crippen LogP) is 2.20. The fraction of sp³-hybridized carbons (Fsp3) is 0.909. The Bertz CT molecular complexity index is 286. The maximum Gasteiger partial charge on any atom is 0.234 e. The van der Waals surface area contributed by atoms with Crippen molar-refractivity contribution in [1.82, 2.24) is 4.72 Å². The van der Waals surface area contributed by atoms with Gasteiger partial charge in [-0.3, -0.25) is 9.52 Å². The number of unbranched alkanes of at least 4 members (excludes halogenated alkanes) is 6. The second-order valence-electron chi connectivity index (χ2n) is 4.10. The van der Waals surface area contributed by atoms with E-state index in [9.17, 15) is 13.2 Å². The molecule has 0 aliphatic carbocycles. The summed E-state index contributed by atoms with van der Waals surface area (Å²) in [4.78, 5) is 10.6. The number of hydrogen-bond donors (Lipinski definition) is 1. The van der Waals surface area contributed by atoms with Crippen LogP contribution in [-0.4, -0.2) is 20.1 Å². The molecule has 0 radical (unpaired) electrons. The Morgan fingerprint density at radius 3 is 2.00 bits per heavy atom. The first-order chi connectivity index (χ1) is 7.48. The molecule has 0 bridgehead atoms. The molecule has 0 unspecified atom stereocenters. The lowest BCUT2D eigenvalue weighted by atomic mass is 10.1. The predicted molar refractivity (Wildman–Crippen MR) is 65.6 cm³/mol. The number of amides is 1. The molecule has 0 spiro atoms. The quantitative estimate of drug-likeness (QED) is 0.637. The largest absolute Gasteiger partial charge is 0.274 e. The summed E-state index contributed by atoms with van der Waals surface area (Å²) in [5, 5.41) is 0. The molecule has 0 rings (SSSR count). The summed E-state index contributed by atoms with van der Waals surface area (Å²) >= 11 is 0. The maximum atomic E-state index is 11.2. The summed E-state index contributed by atoms with van der Waals surface area (Å²) in [6.45, 7) is 3.38. The number of rotatable bonds is 9. The van der Waals surface area contributed by atoms with Crippen LogP contribution in [0.2, 0.25) is 0 Å². The van der Waals surface area contributed by atoms with Gasteiger partial charge < -0.3 is 0 Å². The number of carbonyl (C=O) groups is 1. The van der Waals surface area contributed by atoms with Gasteiger partial charge in [0.1, 0.15) is 0 Å². The van der Waals surface area contributed by atoms with Gasteiger partial charge in [-0.05, 0) is 6.42 Å². The minimum Gasteiger partial charge on any atom is -0.274 e. The number of sulfonamides is 1. The Labute approximate surface area is 98.9 Å². The molecule has 1 N–H and O–H groups in total. The molecule has 96 valence electrons. The van der Waals surface area contributed by atoms with Crippen molar-refractivity contribution in [3.63, 3.8) is 0 Å². The van der Waals surface area contributed by atoms with Crippen LogP contribution >= 0.6 is 0 Å². The van der Waals surface area contributed by atoms with Gasteiger partial charge in [-0.25, -0.2) is 8.42 Å². The molecule has 0 aromatic rings. The van der Waals surface area contributed by atoms with Gasteiger partial charge in [-0.15, -0.1) is 0 Å². The highest BCUT2D eigenvalue weighted by atomic mass is 32.2. The molecule has 4 nitrogen and oxygen atoms in total. The van der Waals surface area contributed by atoms with E-state index in [1.54, 1.807) is 0 Å². The number of carbonyl (C=O) groups excluding carboxylic acids is 1. The molecule has 0 saturated carbocycles. The normalized spacial score (nSPS) is 11.4. The lowest BCUT2D eigenvalue weighted by molar-refractivity contribution is -0.117. The van der Waals surface area contributed by atoms with Crippen molar-refractivity contribution in [3.05, 3.63) is 0 Å². The molecule has 16 heavy (non-hydrogen) atoms. The van der Waals surface area contributed by atoms with Crippen LogP contribution in [0.3, 0.4) is 0 Å². The first-order valence-electron chi connectivity index (χ1n) is 5.99. The van der Waals surface area contributed by atoms with Crippen LogP contribution in [0.15, 0.2) is 0 Å². The van der Waals surface area contributed by atoms with Crippen LogP contribution in [0.5, 0.6) is 0 Å². The summed E-state index contributed by atoms with van der Waals surface area (Å²) in [7, 11) is -3.38. The number of hydrogen-bond acceptors (Lipinski definition) is 3. The SMILES string of the molecule is CCCCCCCCCS(=O)(=O)NC(C)=O.